The fourth-order valence-electron chi connectivity index (χ4n) is 1.75. The average Bonchev–Trinajstić information content (AvgIpc) is 2.72. The van der Waals surface area contributed by atoms with E-state index in [1.165, 1.54) is 0 Å². The number of hydrazone groups is 1. The summed E-state index contributed by atoms with van der Waals surface area (Å²) in [5.41, 5.74) is 5.62. The van der Waals surface area contributed by atoms with Crippen LogP contribution in [0.4, 0.5) is 0 Å². The summed E-state index contributed by atoms with van der Waals surface area (Å²) in [6.07, 6.45) is 1.99. The Morgan fingerprint density at radius 3 is 2.63 bits per heavy atom. The molecule has 0 radical (unpaired) electrons. The topological polar surface area (TPSA) is 46.4 Å². The van der Waals surface area contributed by atoms with Crippen LogP contribution in [-0.2, 0) is 18.3 Å². The van der Waals surface area contributed by atoms with Gasteiger partial charge in [0.05, 0.1) is 18.3 Å². The summed E-state index contributed by atoms with van der Waals surface area (Å²) in [5, 5.41) is 3.97. The molecule has 0 spiro atoms. The van der Waals surface area contributed by atoms with E-state index < -0.39 is 0 Å². The van der Waals surface area contributed by atoms with E-state index in [0.29, 0.717) is 6.42 Å². The quantitative estimate of drug-likeness (QED) is 0.659. The van der Waals surface area contributed by atoms with Crippen LogP contribution < -0.4 is 5.43 Å². The van der Waals surface area contributed by atoms with E-state index in [9.17, 15) is 4.79 Å². The van der Waals surface area contributed by atoms with Crippen molar-refractivity contribution in [2.75, 3.05) is 0 Å². The number of benzene rings is 1. The molecule has 2 aromatic rings. The Balaban J connectivity index is 1.89. The SMILES string of the molecule is Cc1ccc(/C=N/NC(=O)Cc2ccccc2)n1C. The number of carbonyl (C=O) groups excluding carboxylic acids is 1. The van der Waals surface area contributed by atoms with Crippen LogP contribution in [-0.4, -0.2) is 16.7 Å². The second-order valence-corrected chi connectivity index (χ2v) is 4.41. The molecule has 0 aliphatic heterocycles. The lowest BCUT2D eigenvalue weighted by molar-refractivity contribution is -0.120. The zero-order chi connectivity index (χ0) is 13.7. The second-order valence-electron chi connectivity index (χ2n) is 4.41. The first-order valence-corrected chi connectivity index (χ1v) is 6.15. The molecular weight excluding hydrogens is 238 g/mol. The van der Waals surface area contributed by atoms with Crippen molar-refractivity contribution in [1.82, 2.24) is 9.99 Å². The first-order chi connectivity index (χ1) is 9.16. The lowest BCUT2D eigenvalue weighted by Crippen LogP contribution is -2.19. The molecule has 19 heavy (non-hydrogen) atoms. The average molecular weight is 255 g/mol. The number of hydrogen-bond donors (Lipinski definition) is 1. The van der Waals surface area contributed by atoms with Crippen molar-refractivity contribution >= 4 is 12.1 Å². The summed E-state index contributed by atoms with van der Waals surface area (Å²) in [7, 11) is 1.96. The Morgan fingerprint density at radius 1 is 1.26 bits per heavy atom. The van der Waals surface area contributed by atoms with Gasteiger partial charge < -0.3 is 4.57 Å². The number of amides is 1. The van der Waals surface area contributed by atoms with Gasteiger partial charge in [0.1, 0.15) is 0 Å². The van der Waals surface area contributed by atoms with E-state index in [0.717, 1.165) is 17.0 Å². The lowest BCUT2D eigenvalue weighted by Gasteiger charge is -2.01. The summed E-state index contributed by atoms with van der Waals surface area (Å²) in [4.78, 5) is 11.7. The van der Waals surface area contributed by atoms with Crippen LogP contribution in [0.5, 0.6) is 0 Å². The van der Waals surface area contributed by atoms with E-state index in [2.05, 4.69) is 10.5 Å². The predicted molar refractivity (Wildman–Crippen MR) is 76.0 cm³/mol. The largest absolute Gasteiger partial charge is 0.347 e. The number of aromatic nitrogens is 1. The van der Waals surface area contributed by atoms with E-state index in [1.54, 1.807) is 6.21 Å². The van der Waals surface area contributed by atoms with Crippen LogP contribution in [0.2, 0.25) is 0 Å². The fourth-order valence-corrected chi connectivity index (χ4v) is 1.75. The molecule has 0 unspecified atom stereocenters. The Labute approximate surface area is 112 Å². The summed E-state index contributed by atoms with van der Waals surface area (Å²) < 4.78 is 2.01. The molecule has 0 saturated heterocycles. The minimum absolute atomic E-state index is 0.117. The summed E-state index contributed by atoms with van der Waals surface area (Å²) in [5.74, 6) is -0.117. The molecule has 0 fully saturated rings. The Kier molecular flexibility index (Phi) is 4.13. The second kappa shape index (κ2) is 6.00. The van der Waals surface area contributed by atoms with Gasteiger partial charge in [-0.1, -0.05) is 30.3 Å². The molecule has 98 valence electrons. The third-order valence-electron chi connectivity index (χ3n) is 3.01. The molecule has 1 N–H and O–H groups in total. The number of carbonyl (C=O) groups is 1. The molecule has 1 amide bonds. The molecular formula is C15H17N3O. The van der Waals surface area contributed by atoms with Gasteiger partial charge in [0.15, 0.2) is 0 Å². The minimum Gasteiger partial charge on any atom is -0.347 e. The fraction of sp³-hybridized carbons (Fsp3) is 0.200. The van der Waals surface area contributed by atoms with Gasteiger partial charge in [-0.25, -0.2) is 5.43 Å². The first kappa shape index (κ1) is 13.1. The third kappa shape index (κ3) is 3.55. The van der Waals surface area contributed by atoms with E-state index >= 15 is 0 Å². The van der Waals surface area contributed by atoms with Crippen LogP contribution >= 0.6 is 0 Å². The number of hydrogen-bond acceptors (Lipinski definition) is 2. The third-order valence-corrected chi connectivity index (χ3v) is 3.01. The number of aryl methyl sites for hydroxylation is 1. The molecule has 1 heterocycles. The van der Waals surface area contributed by atoms with Gasteiger partial charge >= 0.3 is 0 Å². The van der Waals surface area contributed by atoms with E-state index in [4.69, 9.17) is 0 Å². The summed E-state index contributed by atoms with van der Waals surface area (Å²) in [6.45, 7) is 2.02. The highest BCUT2D eigenvalue weighted by atomic mass is 16.2. The van der Waals surface area contributed by atoms with Crippen molar-refractivity contribution in [3.8, 4) is 0 Å². The molecule has 1 aromatic heterocycles. The van der Waals surface area contributed by atoms with Crippen molar-refractivity contribution in [1.29, 1.82) is 0 Å². The van der Waals surface area contributed by atoms with Gasteiger partial charge in [0.25, 0.3) is 0 Å². The highest BCUT2D eigenvalue weighted by Crippen LogP contribution is 2.02. The van der Waals surface area contributed by atoms with E-state index in [-0.39, 0.29) is 5.91 Å². The molecule has 0 aliphatic carbocycles. The van der Waals surface area contributed by atoms with Gasteiger partial charge in [-0.05, 0) is 24.6 Å². The predicted octanol–water partition coefficient (Wildman–Crippen LogP) is 2.03. The lowest BCUT2D eigenvalue weighted by atomic mass is 10.1. The number of nitrogens with zero attached hydrogens (tertiary/aromatic N) is 2. The zero-order valence-corrected chi connectivity index (χ0v) is 11.1. The monoisotopic (exact) mass is 255 g/mol. The first-order valence-electron chi connectivity index (χ1n) is 6.15. The highest BCUT2D eigenvalue weighted by Gasteiger charge is 2.01. The van der Waals surface area contributed by atoms with Crippen LogP contribution in [0.3, 0.4) is 0 Å². The van der Waals surface area contributed by atoms with E-state index in [1.807, 2.05) is 61.0 Å². The summed E-state index contributed by atoms with van der Waals surface area (Å²) >= 11 is 0. The standard InChI is InChI=1S/C15H17N3O/c1-12-8-9-14(18(12)2)11-16-17-15(19)10-13-6-4-3-5-7-13/h3-9,11H,10H2,1-2H3,(H,17,19)/b16-11+. The molecule has 4 nitrogen and oxygen atoms in total. The molecule has 2 rings (SSSR count). The zero-order valence-electron chi connectivity index (χ0n) is 11.1. The Morgan fingerprint density at radius 2 is 2.00 bits per heavy atom. The van der Waals surface area contributed by atoms with Gasteiger partial charge in [-0.2, -0.15) is 5.10 Å². The Bertz CT molecular complexity index is 585. The minimum atomic E-state index is -0.117. The molecule has 0 atom stereocenters. The van der Waals surface area contributed by atoms with Crippen molar-refractivity contribution in [3.05, 3.63) is 59.4 Å². The highest BCUT2D eigenvalue weighted by molar-refractivity contribution is 5.82. The summed E-state index contributed by atoms with van der Waals surface area (Å²) in [6, 6.07) is 13.6. The molecule has 0 saturated carbocycles. The van der Waals surface area contributed by atoms with Crippen LogP contribution in [0, 0.1) is 6.92 Å². The maximum Gasteiger partial charge on any atom is 0.244 e. The van der Waals surface area contributed by atoms with Crippen molar-refractivity contribution < 1.29 is 4.79 Å². The normalized spacial score (nSPS) is 10.8. The number of nitrogens with one attached hydrogen (secondary N) is 1. The van der Waals surface area contributed by atoms with Crippen LogP contribution in [0.25, 0.3) is 0 Å². The molecule has 1 aromatic carbocycles. The van der Waals surface area contributed by atoms with Crippen LogP contribution in [0.15, 0.2) is 47.6 Å². The van der Waals surface area contributed by atoms with Crippen molar-refractivity contribution in [2.45, 2.75) is 13.3 Å². The number of rotatable bonds is 4. The van der Waals surface area contributed by atoms with Gasteiger partial charge in [0, 0.05) is 12.7 Å². The molecule has 4 heteroatoms. The molecule has 0 aliphatic rings. The smallest absolute Gasteiger partial charge is 0.244 e. The van der Waals surface area contributed by atoms with Crippen molar-refractivity contribution in [3.63, 3.8) is 0 Å². The molecule has 0 bridgehead atoms. The maximum atomic E-state index is 11.7. The van der Waals surface area contributed by atoms with Crippen LogP contribution in [0.1, 0.15) is 17.0 Å². The van der Waals surface area contributed by atoms with Gasteiger partial charge in [0.2, 0.25) is 5.91 Å². The maximum absolute atomic E-state index is 11.7. The van der Waals surface area contributed by atoms with Gasteiger partial charge in [-0.3, -0.25) is 4.79 Å². The van der Waals surface area contributed by atoms with Crippen molar-refractivity contribution in [2.24, 2.45) is 12.1 Å². The van der Waals surface area contributed by atoms with Gasteiger partial charge in [-0.15, -0.1) is 0 Å². The Hall–Kier alpha value is -2.36.